The summed E-state index contributed by atoms with van der Waals surface area (Å²) in [7, 11) is 1.85. The molecule has 3 rings (SSSR count). The number of hydrogen-bond acceptors (Lipinski definition) is 3. The summed E-state index contributed by atoms with van der Waals surface area (Å²) in [6.45, 7) is 0. The van der Waals surface area contributed by atoms with E-state index in [2.05, 4.69) is 10.3 Å². The van der Waals surface area contributed by atoms with E-state index in [4.69, 9.17) is 0 Å². The molecule has 1 unspecified atom stereocenters. The third-order valence-electron chi connectivity index (χ3n) is 3.81. The van der Waals surface area contributed by atoms with Crippen LogP contribution < -0.4 is 5.32 Å². The van der Waals surface area contributed by atoms with Crippen molar-refractivity contribution in [3.63, 3.8) is 0 Å². The van der Waals surface area contributed by atoms with E-state index in [0.717, 1.165) is 23.4 Å². The lowest BCUT2D eigenvalue weighted by atomic mass is 10.1. The zero-order valence-corrected chi connectivity index (χ0v) is 14.8. The molecule has 0 fully saturated rings. The van der Waals surface area contributed by atoms with Gasteiger partial charge in [-0.3, -0.25) is 4.79 Å². The van der Waals surface area contributed by atoms with Crippen LogP contribution in [0.4, 0.5) is 8.78 Å². The predicted octanol–water partition coefficient (Wildman–Crippen LogP) is 3.70. The molecule has 0 saturated heterocycles. The number of amides is 1. The van der Waals surface area contributed by atoms with Crippen LogP contribution in [0.1, 0.15) is 17.4 Å². The molecule has 1 aromatic heterocycles. The summed E-state index contributed by atoms with van der Waals surface area (Å²) in [6.07, 6.45) is 3.47. The maximum atomic E-state index is 13.7. The first-order valence-corrected chi connectivity index (χ1v) is 8.92. The third-order valence-corrected chi connectivity index (χ3v) is 4.86. The van der Waals surface area contributed by atoms with Crippen LogP contribution in [0.15, 0.2) is 65.8 Å². The number of rotatable bonds is 6. The van der Waals surface area contributed by atoms with Gasteiger partial charge in [0.25, 0.3) is 0 Å². The van der Waals surface area contributed by atoms with Gasteiger partial charge < -0.3 is 9.88 Å². The van der Waals surface area contributed by atoms with Crippen molar-refractivity contribution in [3.8, 4) is 0 Å². The molecular formula is C19H17F2N3OS. The Bertz CT molecular complexity index is 899. The summed E-state index contributed by atoms with van der Waals surface area (Å²) in [5.74, 6) is -0.879. The van der Waals surface area contributed by atoms with E-state index in [0.29, 0.717) is 5.82 Å². The van der Waals surface area contributed by atoms with Crippen LogP contribution >= 0.6 is 11.8 Å². The molecule has 0 aliphatic carbocycles. The zero-order chi connectivity index (χ0) is 18.5. The van der Waals surface area contributed by atoms with Gasteiger partial charge in [0.15, 0.2) is 0 Å². The van der Waals surface area contributed by atoms with Crippen molar-refractivity contribution in [2.24, 2.45) is 7.05 Å². The topological polar surface area (TPSA) is 46.9 Å². The highest BCUT2D eigenvalue weighted by atomic mass is 32.2. The van der Waals surface area contributed by atoms with Crippen LogP contribution in [0.5, 0.6) is 0 Å². The fourth-order valence-corrected chi connectivity index (χ4v) is 3.27. The Morgan fingerprint density at radius 1 is 1.23 bits per heavy atom. The number of benzene rings is 2. The van der Waals surface area contributed by atoms with E-state index in [1.165, 1.54) is 12.1 Å². The second kappa shape index (κ2) is 8.14. The van der Waals surface area contributed by atoms with Crippen LogP contribution in [0.3, 0.4) is 0 Å². The Balaban J connectivity index is 1.72. The Morgan fingerprint density at radius 3 is 2.65 bits per heavy atom. The number of nitrogens with one attached hydrogen (secondary N) is 1. The second-order valence-electron chi connectivity index (χ2n) is 5.67. The van der Waals surface area contributed by atoms with Crippen LogP contribution in [0, 0.1) is 11.6 Å². The monoisotopic (exact) mass is 373 g/mol. The summed E-state index contributed by atoms with van der Waals surface area (Å²) >= 11 is 1.02. The summed E-state index contributed by atoms with van der Waals surface area (Å²) < 4.78 is 28.5. The summed E-state index contributed by atoms with van der Waals surface area (Å²) in [5, 5.41) is 2.94. The van der Waals surface area contributed by atoms with Crippen LogP contribution in [-0.4, -0.2) is 21.2 Å². The molecule has 0 aliphatic rings. The Kier molecular flexibility index (Phi) is 5.68. The molecule has 1 atom stereocenters. The summed E-state index contributed by atoms with van der Waals surface area (Å²) in [4.78, 5) is 17.0. The quantitative estimate of drug-likeness (QED) is 0.671. The van der Waals surface area contributed by atoms with Crippen molar-refractivity contribution >= 4 is 17.7 Å². The lowest BCUT2D eigenvalue weighted by Crippen LogP contribution is -2.32. The molecule has 3 aromatic rings. The number of thioether (sulfide) groups is 1. The van der Waals surface area contributed by atoms with Gasteiger partial charge in [-0.1, -0.05) is 30.3 Å². The SMILES string of the molecule is Cn1ccnc1C(NC(=O)CSc1ccc(F)cc1F)c1ccccc1. The highest BCUT2D eigenvalue weighted by Crippen LogP contribution is 2.24. The summed E-state index contributed by atoms with van der Waals surface area (Å²) in [6, 6.07) is 12.4. The molecular weight excluding hydrogens is 356 g/mol. The molecule has 0 spiro atoms. The van der Waals surface area contributed by atoms with Crippen molar-refractivity contribution in [1.29, 1.82) is 0 Å². The minimum absolute atomic E-state index is 0.0102. The molecule has 2 aromatic carbocycles. The van der Waals surface area contributed by atoms with Gasteiger partial charge >= 0.3 is 0 Å². The van der Waals surface area contributed by atoms with Gasteiger partial charge in [0.1, 0.15) is 23.5 Å². The average Bonchev–Trinajstić information content (AvgIpc) is 3.05. The average molecular weight is 373 g/mol. The standard InChI is InChI=1S/C19H17F2N3OS/c1-24-10-9-22-19(24)18(13-5-3-2-4-6-13)23-17(25)12-26-16-8-7-14(20)11-15(16)21/h2-11,18H,12H2,1H3,(H,23,25). The van der Waals surface area contributed by atoms with E-state index in [1.807, 2.05) is 41.9 Å². The minimum atomic E-state index is -0.675. The summed E-state index contributed by atoms with van der Waals surface area (Å²) in [5.41, 5.74) is 0.896. The maximum absolute atomic E-state index is 13.7. The normalized spacial score (nSPS) is 12.0. The van der Waals surface area contributed by atoms with Crippen molar-refractivity contribution in [3.05, 3.63) is 83.9 Å². The minimum Gasteiger partial charge on any atom is -0.341 e. The lowest BCUT2D eigenvalue weighted by molar-refractivity contribution is -0.119. The van der Waals surface area contributed by atoms with E-state index in [9.17, 15) is 13.6 Å². The first kappa shape index (κ1) is 18.1. The maximum Gasteiger partial charge on any atom is 0.231 e. The Morgan fingerprint density at radius 2 is 2.00 bits per heavy atom. The highest BCUT2D eigenvalue weighted by molar-refractivity contribution is 8.00. The van der Waals surface area contributed by atoms with Crippen molar-refractivity contribution in [1.82, 2.24) is 14.9 Å². The van der Waals surface area contributed by atoms with Gasteiger partial charge in [-0.15, -0.1) is 11.8 Å². The molecule has 1 N–H and O–H groups in total. The van der Waals surface area contributed by atoms with Crippen LogP contribution in [0.2, 0.25) is 0 Å². The predicted molar refractivity (Wildman–Crippen MR) is 96.7 cm³/mol. The van der Waals surface area contributed by atoms with Gasteiger partial charge in [-0.05, 0) is 17.7 Å². The number of carbonyl (C=O) groups excluding carboxylic acids is 1. The smallest absolute Gasteiger partial charge is 0.231 e. The molecule has 7 heteroatoms. The third kappa shape index (κ3) is 4.29. The van der Waals surface area contributed by atoms with Crippen molar-refractivity contribution in [2.75, 3.05) is 5.75 Å². The lowest BCUT2D eigenvalue weighted by Gasteiger charge is -2.19. The first-order valence-electron chi connectivity index (χ1n) is 7.94. The largest absolute Gasteiger partial charge is 0.341 e. The van der Waals surface area contributed by atoms with E-state index < -0.39 is 17.7 Å². The highest BCUT2D eigenvalue weighted by Gasteiger charge is 2.20. The molecule has 1 heterocycles. The molecule has 1 amide bonds. The molecule has 134 valence electrons. The number of carbonyl (C=O) groups is 1. The van der Waals surface area contributed by atoms with Gasteiger partial charge in [0.2, 0.25) is 5.91 Å². The van der Waals surface area contributed by atoms with Gasteiger partial charge in [-0.2, -0.15) is 0 Å². The number of nitrogens with zero attached hydrogens (tertiary/aromatic N) is 2. The van der Waals surface area contributed by atoms with Gasteiger partial charge in [0, 0.05) is 30.4 Å². The van der Waals surface area contributed by atoms with Gasteiger partial charge in [0.05, 0.1) is 5.75 Å². The molecule has 0 bridgehead atoms. The number of aromatic nitrogens is 2. The molecule has 0 saturated carbocycles. The fraction of sp³-hybridized carbons (Fsp3) is 0.158. The Hall–Kier alpha value is -2.67. The van der Waals surface area contributed by atoms with Crippen molar-refractivity contribution < 1.29 is 13.6 Å². The number of hydrogen-bond donors (Lipinski definition) is 1. The fourth-order valence-electron chi connectivity index (χ4n) is 2.54. The van der Waals surface area contributed by atoms with E-state index >= 15 is 0 Å². The second-order valence-corrected chi connectivity index (χ2v) is 6.69. The Labute approximate surface area is 154 Å². The molecule has 26 heavy (non-hydrogen) atoms. The number of halogens is 2. The number of imidazole rings is 1. The first-order chi connectivity index (χ1) is 12.5. The van der Waals surface area contributed by atoms with Crippen LogP contribution in [-0.2, 0) is 11.8 Å². The molecule has 4 nitrogen and oxygen atoms in total. The molecule has 0 radical (unpaired) electrons. The zero-order valence-electron chi connectivity index (χ0n) is 14.0. The molecule has 0 aliphatic heterocycles. The van der Waals surface area contributed by atoms with E-state index in [-0.39, 0.29) is 16.6 Å². The van der Waals surface area contributed by atoms with Crippen molar-refractivity contribution in [2.45, 2.75) is 10.9 Å². The van der Waals surface area contributed by atoms with Gasteiger partial charge in [-0.25, -0.2) is 13.8 Å². The number of aryl methyl sites for hydroxylation is 1. The van der Waals surface area contributed by atoms with E-state index in [1.54, 1.807) is 12.4 Å². The van der Waals surface area contributed by atoms with Crippen LogP contribution in [0.25, 0.3) is 0 Å².